The predicted molar refractivity (Wildman–Crippen MR) is 108 cm³/mol. The number of carbonyl (C=O) groups excluding carboxylic acids is 2. The van der Waals surface area contributed by atoms with Crippen LogP contribution in [0, 0.1) is 13.8 Å². The highest BCUT2D eigenvalue weighted by Crippen LogP contribution is 2.49. The summed E-state index contributed by atoms with van der Waals surface area (Å²) in [5.41, 5.74) is 2.69. The number of Topliss-reactive ketones (excluding diaryl/α,β-unsaturated/α-hetero) is 1. The molecule has 1 unspecified atom stereocenters. The number of rotatable bonds is 8. The van der Waals surface area contributed by atoms with E-state index < -0.39 is 5.41 Å². The molecule has 6 heteroatoms. The maximum atomic E-state index is 12.7. The van der Waals surface area contributed by atoms with Crippen molar-refractivity contribution in [2.45, 2.75) is 45.1 Å². The van der Waals surface area contributed by atoms with Crippen molar-refractivity contribution in [2.24, 2.45) is 0 Å². The number of aromatic nitrogens is 1. The first-order valence-corrected chi connectivity index (χ1v) is 9.82. The van der Waals surface area contributed by atoms with Crippen LogP contribution in [0.15, 0.2) is 30.3 Å². The van der Waals surface area contributed by atoms with Crippen molar-refractivity contribution in [1.82, 2.24) is 4.57 Å². The smallest absolute Gasteiger partial charge is 0.317 e. The fourth-order valence-electron chi connectivity index (χ4n) is 3.90. The van der Waals surface area contributed by atoms with Gasteiger partial charge in [-0.2, -0.15) is 0 Å². The molecule has 0 aliphatic heterocycles. The molecule has 0 saturated heterocycles. The van der Waals surface area contributed by atoms with Gasteiger partial charge in [0.2, 0.25) is 5.78 Å². The van der Waals surface area contributed by atoms with E-state index in [-0.39, 0.29) is 24.4 Å². The van der Waals surface area contributed by atoms with E-state index in [0.717, 1.165) is 29.8 Å². The molecule has 0 spiro atoms. The van der Waals surface area contributed by atoms with E-state index in [0.29, 0.717) is 17.2 Å². The molecule has 5 nitrogen and oxygen atoms in total. The van der Waals surface area contributed by atoms with Gasteiger partial charge in [-0.05, 0) is 57.4 Å². The summed E-state index contributed by atoms with van der Waals surface area (Å²) in [7, 11) is 1.66. The van der Waals surface area contributed by atoms with E-state index in [1.165, 1.54) is 0 Å². The number of hydrogen-bond donors (Lipinski definition) is 0. The van der Waals surface area contributed by atoms with Crippen LogP contribution in [-0.2, 0) is 19.7 Å². The minimum absolute atomic E-state index is 0.119. The topological polar surface area (TPSA) is 57.5 Å². The molecule has 2 aromatic rings. The molecule has 1 aromatic carbocycles. The highest BCUT2D eigenvalue weighted by Gasteiger charge is 2.52. The Labute approximate surface area is 170 Å². The van der Waals surface area contributed by atoms with Gasteiger partial charge in [0.15, 0.2) is 6.61 Å². The Hall–Kier alpha value is -2.11. The molecule has 1 heterocycles. The lowest BCUT2D eigenvalue weighted by Crippen LogP contribution is -2.26. The summed E-state index contributed by atoms with van der Waals surface area (Å²) in [6.07, 6.45) is 1.45. The van der Waals surface area contributed by atoms with E-state index in [1.807, 2.05) is 39.0 Å². The molecular weight excluding hydrogens is 378 g/mol. The van der Waals surface area contributed by atoms with Crippen molar-refractivity contribution in [1.29, 1.82) is 0 Å². The minimum atomic E-state index is -0.630. The van der Waals surface area contributed by atoms with Crippen LogP contribution in [0.4, 0.5) is 0 Å². The minimum Gasteiger partial charge on any atom is -0.457 e. The lowest BCUT2D eigenvalue weighted by Gasteiger charge is -2.18. The van der Waals surface area contributed by atoms with Gasteiger partial charge in [0.25, 0.3) is 0 Å². The van der Waals surface area contributed by atoms with Gasteiger partial charge >= 0.3 is 5.97 Å². The van der Waals surface area contributed by atoms with Gasteiger partial charge in [-0.3, -0.25) is 9.59 Å². The molecule has 0 radical (unpaired) electrons. The Kier molecular flexibility index (Phi) is 5.96. The van der Waals surface area contributed by atoms with E-state index >= 15 is 0 Å². The highest BCUT2D eigenvalue weighted by molar-refractivity contribution is 6.30. The molecule has 28 heavy (non-hydrogen) atoms. The summed E-state index contributed by atoms with van der Waals surface area (Å²) in [5.74, 6) is -0.533. The third-order valence-electron chi connectivity index (χ3n) is 5.51. The number of nitrogens with zero attached hydrogens (tertiary/aromatic N) is 1. The van der Waals surface area contributed by atoms with E-state index in [4.69, 9.17) is 21.1 Å². The SMILES string of the molecule is COCC(C)n1c(C)cc(C(=O)COC(=O)C2(c3ccc(Cl)cc3)CC2)c1C. The second-order valence-electron chi connectivity index (χ2n) is 7.55. The standard InChI is InChI=1S/C22H26ClNO4/c1-14-11-19(16(3)24(14)15(2)12-27-4)20(25)13-28-21(26)22(9-10-22)17-5-7-18(23)8-6-17/h5-8,11,15H,9-10,12-13H2,1-4H3. The third-order valence-corrected chi connectivity index (χ3v) is 5.76. The van der Waals surface area contributed by atoms with Crippen molar-refractivity contribution >= 4 is 23.4 Å². The summed E-state index contributed by atoms with van der Waals surface area (Å²) in [6.45, 7) is 6.21. The summed E-state index contributed by atoms with van der Waals surface area (Å²) < 4.78 is 12.7. The molecule has 0 N–H and O–H groups in total. The van der Waals surface area contributed by atoms with E-state index in [1.54, 1.807) is 19.2 Å². The Morgan fingerprint density at radius 2 is 1.86 bits per heavy atom. The van der Waals surface area contributed by atoms with E-state index in [9.17, 15) is 9.59 Å². The van der Waals surface area contributed by atoms with Crippen molar-refractivity contribution in [3.05, 3.63) is 57.9 Å². The molecule has 1 saturated carbocycles. The van der Waals surface area contributed by atoms with Gasteiger partial charge in [0.1, 0.15) is 0 Å². The van der Waals surface area contributed by atoms with Crippen LogP contribution < -0.4 is 0 Å². The fraction of sp³-hybridized carbons (Fsp3) is 0.455. The lowest BCUT2D eigenvalue weighted by atomic mass is 9.96. The molecule has 1 fully saturated rings. The number of methoxy groups -OCH3 is 1. The molecular formula is C22H26ClNO4. The normalized spacial score (nSPS) is 15.9. The summed E-state index contributed by atoms with van der Waals surface area (Å²) in [5, 5.41) is 0.626. The van der Waals surface area contributed by atoms with Crippen LogP contribution in [0.5, 0.6) is 0 Å². The predicted octanol–water partition coefficient (Wildman–Crippen LogP) is 4.42. The van der Waals surface area contributed by atoms with Crippen LogP contribution in [-0.4, -0.2) is 36.6 Å². The molecule has 1 aromatic heterocycles. The number of ketones is 1. The zero-order chi connectivity index (χ0) is 20.5. The van der Waals surface area contributed by atoms with Crippen LogP contribution in [0.3, 0.4) is 0 Å². The van der Waals surface area contributed by atoms with Crippen molar-refractivity contribution in [3.8, 4) is 0 Å². The van der Waals surface area contributed by atoms with Crippen molar-refractivity contribution in [3.63, 3.8) is 0 Å². The van der Waals surface area contributed by atoms with Crippen molar-refractivity contribution in [2.75, 3.05) is 20.3 Å². The Morgan fingerprint density at radius 3 is 2.43 bits per heavy atom. The van der Waals surface area contributed by atoms with Gasteiger partial charge in [-0.1, -0.05) is 23.7 Å². The number of halogens is 1. The number of ether oxygens (including phenoxy) is 2. The van der Waals surface area contributed by atoms with Crippen LogP contribution >= 0.6 is 11.6 Å². The Morgan fingerprint density at radius 1 is 1.21 bits per heavy atom. The number of carbonyl (C=O) groups is 2. The van der Waals surface area contributed by atoms with Crippen LogP contribution in [0.25, 0.3) is 0 Å². The number of esters is 1. The molecule has 1 aliphatic rings. The number of aryl methyl sites for hydroxylation is 1. The molecule has 1 atom stereocenters. The molecule has 0 amide bonds. The second kappa shape index (κ2) is 8.10. The third kappa shape index (κ3) is 3.87. The quantitative estimate of drug-likeness (QED) is 0.483. The summed E-state index contributed by atoms with van der Waals surface area (Å²) >= 11 is 5.93. The first-order valence-electron chi connectivity index (χ1n) is 9.44. The Balaban J connectivity index is 1.68. The average Bonchev–Trinajstić information content (AvgIpc) is 3.41. The maximum absolute atomic E-state index is 12.7. The molecule has 0 bridgehead atoms. The molecule has 3 rings (SSSR count). The second-order valence-corrected chi connectivity index (χ2v) is 7.98. The van der Waals surface area contributed by atoms with Crippen molar-refractivity contribution < 1.29 is 19.1 Å². The van der Waals surface area contributed by atoms with Gasteiger partial charge < -0.3 is 14.0 Å². The Bertz CT molecular complexity index is 881. The molecule has 1 aliphatic carbocycles. The maximum Gasteiger partial charge on any atom is 0.317 e. The number of benzene rings is 1. The van der Waals surface area contributed by atoms with Crippen LogP contribution in [0.1, 0.15) is 53.1 Å². The van der Waals surface area contributed by atoms with Crippen LogP contribution in [0.2, 0.25) is 5.02 Å². The first kappa shape index (κ1) is 20.6. The lowest BCUT2D eigenvalue weighted by molar-refractivity contribution is -0.145. The average molecular weight is 404 g/mol. The zero-order valence-corrected chi connectivity index (χ0v) is 17.5. The molecule has 150 valence electrons. The van der Waals surface area contributed by atoms with Gasteiger partial charge in [-0.25, -0.2) is 0 Å². The number of hydrogen-bond acceptors (Lipinski definition) is 4. The first-order chi connectivity index (χ1) is 13.3. The highest BCUT2D eigenvalue weighted by atomic mass is 35.5. The largest absolute Gasteiger partial charge is 0.457 e. The van der Waals surface area contributed by atoms with Gasteiger partial charge in [-0.15, -0.1) is 0 Å². The van der Waals surface area contributed by atoms with E-state index in [2.05, 4.69) is 4.57 Å². The van der Waals surface area contributed by atoms with Gasteiger partial charge in [0.05, 0.1) is 18.1 Å². The summed E-state index contributed by atoms with van der Waals surface area (Å²) in [6, 6.07) is 9.21. The zero-order valence-electron chi connectivity index (χ0n) is 16.8. The summed E-state index contributed by atoms with van der Waals surface area (Å²) in [4.78, 5) is 25.4. The monoisotopic (exact) mass is 403 g/mol. The van der Waals surface area contributed by atoms with Gasteiger partial charge in [0, 0.05) is 29.1 Å². The fourth-order valence-corrected chi connectivity index (χ4v) is 4.03.